The lowest BCUT2D eigenvalue weighted by molar-refractivity contribution is -0.139. The zero-order valence-electron chi connectivity index (χ0n) is 21.0. The second kappa shape index (κ2) is 10.2. The monoisotopic (exact) mass is 484 g/mol. The lowest BCUT2D eigenvalue weighted by Crippen LogP contribution is -2.54. The summed E-state index contributed by atoms with van der Waals surface area (Å²) in [5.74, 6) is 1.05. The first-order chi connectivity index (χ1) is 17.0. The first kappa shape index (κ1) is 24.8. The van der Waals surface area contributed by atoms with Crippen molar-refractivity contribution in [3.63, 3.8) is 0 Å². The molecule has 0 aromatic heterocycles. The van der Waals surface area contributed by atoms with E-state index in [-0.39, 0.29) is 24.0 Å². The van der Waals surface area contributed by atoms with E-state index in [1.165, 1.54) is 31.2 Å². The zero-order valence-corrected chi connectivity index (χ0v) is 21.0. The standard InChI is InChI=1S/C29H41FN2O3/c30-19-22(20-31)21-35-25-3-1-23(2-4-25)28-9-12-29(13-10-28,14-11-28)26(33)32-24-5-7-27(8-6-24)15-17-34-18-16-27/h1-4,19,24H,5-18,20-21,31H2,(H,32,33). The highest BCUT2D eigenvalue weighted by Crippen LogP contribution is 2.58. The van der Waals surface area contributed by atoms with Crippen molar-refractivity contribution in [1.82, 2.24) is 5.32 Å². The third-order valence-corrected chi connectivity index (χ3v) is 9.97. The third kappa shape index (κ3) is 5.01. The van der Waals surface area contributed by atoms with Gasteiger partial charge in [-0.2, -0.15) is 0 Å². The van der Waals surface area contributed by atoms with Crippen LogP contribution in [0.2, 0.25) is 0 Å². The maximum atomic E-state index is 13.5. The highest BCUT2D eigenvalue weighted by atomic mass is 19.1. The molecule has 1 aromatic carbocycles. The van der Waals surface area contributed by atoms with Crippen LogP contribution in [0.4, 0.5) is 4.39 Å². The maximum Gasteiger partial charge on any atom is 0.226 e. The molecule has 6 heteroatoms. The molecule has 5 aliphatic rings. The average molecular weight is 485 g/mol. The van der Waals surface area contributed by atoms with Gasteiger partial charge in [0, 0.05) is 36.8 Å². The number of nitrogens with two attached hydrogens (primary N) is 1. The lowest BCUT2D eigenvalue weighted by atomic mass is 9.51. The van der Waals surface area contributed by atoms with Gasteiger partial charge in [-0.1, -0.05) is 12.1 Å². The molecule has 35 heavy (non-hydrogen) atoms. The fraction of sp³-hybridized carbons (Fsp3) is 0.690. The van der Waals surface area contributed by atoms with Crippen LogP contribution in [-0.2, 0) is 14.9 Å². The number of amides is 1. The molecule has 0 unspecified atom stereocenters. The van der Waals surface area contributed by atoms with Crippen molar-refractivity contribution >= 4 is 5.91 Å². The summed E-state index contributed by atoms with van der Waals surface area (Å²) in [6.45, 7) is 2.14. The van der Waals surface area contributed by atoms with Crippen LogP contribution in [0.25, 0.3) is 0 Å². The minimum absolute atomic E-state index is 0.157. The van der Waals surface area contributed by atoms with Crippen LogP contribution in [0, 0.1) is 10.8 Å². The molecule has 1 spiro atoms. The number of halogens is 1. The summed E-state index contributed by atoms with van der Waals surface area (Å²) in [6.07, 6.45) is 13.7. The number of carbonyl (C=O) groups is 1. The largest absolute Gasteiger partial charge is 0.489 e. The molecule has 6 rings (SSSR count). The number of hydrogen-bond donors (Lipinski definition) is 2. The van der Waals surface area contributed by atoms with Crippen molar-refractivity contribution in [2.75, 3.05) is 26.4 Å². The quantitative estimate of drug-likeness (QED) is 0.549. The van der Waals surface area contributed by atoms with Crippen molar-refractivity contribution in [3.05, 3.63) is 41.7 Å². The van der Waals surface area contributed by atoms with Crippen LogP contribution in [0.1, 0.15) is 82.6 Å². The Bertz CT molecular complexity index is 888. The molecule has 2 bridgehead atoms. The average Bonchev–Trinajstić information content (AvgIpc) is 2.92. The predicted octanol–water partition coefficient (Wildman–Crippen LogP) is 5.33. The van der Waals surface area contributed by atoms with E-state index in [2.05, 4.69) is 17.4 Å². The molecule has 192 valence electrons. The van der Waals surface area contributed by atoms with E-state index in [9.17, 15) is 9.18 Å². The Labute approximate surface area is 209 Å². The number of nitrogens with one attached hydrogen (secondary N) is 1. The van der Waals surface area contributed by atoms with Crippen molar-refractivity contribution in [3.8, 4) is 5.75 Å². The van der Waals surface area contributed by atoms with Crippen LogP contribution in [0.3, 0.4) is 0 Å². The number of carbonyl (C=O) groups excluding carboxylic acids is 1. The molecule has 1 aliphatic heterocycles. The third-order valence-electron chi connectivity index (χ3n) is 9.97. The Hall–Kier alpha value is -1.92. The Morgan fingerprint density at radius 2 is 1.63 bits per heavy atom. The number of rotatable bonds is 7. The summed E-state index contributed by atoms with van der Waals surface area (Å²) in [4.78, 5) is 13.5. The second-order valence-corrected chi connectivity index (χ2v) is 11.7. The molecule has 1 aromatic rings. The molecular formula is C29H41FN2O3. The SMILES string of the molecule is NCC(=CF)COc1ccc(C23CCC(C(=O)NC4CCC5(CCOCC5)CC4)(CC2)CC3)cc1. The van der Waals surface area contributed by atoms with Gasteiger partial charge in [-0.15, -0.1) is 0 Å². The van der Waals surface area contributed by atoms with Gasteiger partial charge in [0.25, 0.3) is 0 Å². The fourth-order valence-corrected chi connectivity index (χ4v) is 7.19. The lowest BCUT2D eigenvalue weighted by Gasteiger charge is -2.53. The summed E-state index contributed by atoms with van der Waals surface area (Å²) in [6, 6.07) is 8.62. The highest BCUT2D eigenvalue weighted by molar-refractivity contribution is 5.83. The molecule has 4 aliphatic carbocycles. The number of fused-ring (bicyclic) bond motifs is 3. The Morgan fingerprint density at radius 3 is 2.20 bits per heavy atom. The topological polar surface area (TPSA) is 73.6 Å². The van der Waals surface area contributed by atoms with Crippen LogP contribution < -0.4 is 15.8 Å². The van der Waals surface area contributed by atoms with E-state index in [1.54, 1.807) is 0 Å². The maximum absolute atomic E-state index is 13.5. The van der Waals surface area contributed by atoms with E-state index in [0.717, 1.165) is 70.3 Å². The predicted molar refractivity (Wildman–Crippen MR) is 135 cm³/mol. The number of benzene rings is 1. The van der Waals surface area contributed by atoms with Crippen molar-refractivity contribution in [1.29, 1.82) is 0 Å². The highest BCUT2D eigenvalue weighted by Gasteiger charge is 2.53. The molecule has 1 heterocycles. The van der Waals surface area contributed by atoms with Crippen molar-refractivity contribution in [2.45, 2.75) is 88.5 Å². The van der Waals surface area contributed by atoms with E-state index in [0.29, 0.717) is 29.3 Å². The summed E-state index contributed by atoms with van der Waals surface area (Å²) in [5.41, 5.74) is 7.76. The Balaban J connectivity index is 1.14. The summed E-state index contributed by atoms with van der Waals surface area (Å²) in [5, 5.41) is 3.49. The summed E-state index contributed by atoms with van der Waals surface area (Å²) < 4.78 is 24.0. The molecule has 5 fully saturated rings. The van der Waals surface area contributed by atoms with E-state index in [4.69, 9.17) is 15.2 Å². The minimum Gasteiger partial charge on any atom is -0.489 e. The van der Waals surface area contributed by atoms with Crippen LogP contribution >= 0.6 is 0 Å². The van der Waals surface area contributed by atoms with E-state index in [1.807, 2.05) is 12.1 Å². The first-order valence-electron chi connectivity index (χ1n) is 13.6. The normalized spacial score (nSPS) is 30.9. The Morgan fingerprint density at radius 1 is 1.00 bits per heavy atom. The van der Waals surface area contributed by atoms with E-state index >= 15 is 0 Å². The smallest absolute Gasteiger partial charge is 0.226 e. The van der Waals surface area contributed by atoms with Crippen LogP contribution in [-0.4, -0.2) is 38.3 Å². The molecule has 5 nitrogen and oxygen atoms in total. The summed E-state index contributed by atoms with van der Waals surface area (Å²) in [7, 11) is 0. The van der Waals surface area contributed by atoms with Gasteiger partial charge in [0.15, 0.2) is 0 Å². The van der Waals surface area contributed by atoms with Gasteiger partial charge in [0.05, 0.1) is 6.33 Å². The molecule has 3 N–H and O–H groups in total. The molecule has 4 saturated carbocycles. The molecule has 0 radical (unpaired) electrons. The molecule has 1 saturated heterocycles. The van der Waals surface area contributed by atoms with E-state index < -0.39 is 0 Å². The van der Waals surface area contributed by atoms with Gasteiger partial charge in [0.1, 0.15) is 12.4 Å². The zero-order chi connectivity index (χ0) is 24.4. The minimum atomic E-state index is -0.171. The van der Waals surface area contributed by atoms with Crippen molar-refractivity contribution < 1.29 is 18.7 Å². The van der Waals surface area contributed by atoms with Gasteiger partial charge >= 0.3 is 0 Å². The van der Waals surface area contributed by atoms with Gasteiger partial charge in [-0.25, -0.2) is 4.39 Å². The molecular weight excluding hydrogens is 443 g/mol. The van der Waals surface area contributed by atoms with Gasteiger partial charge in [-0.3, -0.25) is 4.79 Å². The Kier molecular flexibility index (Phi) is 7.23. The molecule has 1 amide bonds. The number of hydrogen-bond acceptors (Lipinski definition) is 4. The molecule has 0 atom stereocenters. The van der Waals surface area contributed by atoms with Crippen LogP contribution in [0.5, 0.6) is 5.75 Å². The van der Waals surface area contributed by atoms with Gasteiger partial charge in [0.2, 0.25) is 5.91 Å². The number of ether oxygens (including phenoxy) is 2. The van der Waals surface area contributed by atoms with Gasteiger partial charge < -0.3 is 20.5 Å². The first-order valence-corrected chi connectivity index (χ1v) is 13.6. The van der Waals surface area contributed by atoms with Crippen molar-refractivity contribution in [2.24, 2.45) is 16.6 Å². The summed E-state index contributed by atoms with van der Waals surface area (Å²) >= 11 is 0. The second-order valence-electron chi connectivity index (χ2n) is 11.7. The fourth-order valence-electron chi connectivity index (χ4n) is 7.19. The van der Waals surface area contributed by atoms with Crippen LogP contribution in [0.15, 0.2) is 36.2 Å². The van der Waals surface area contributed by atoms with Gasteiger partial charge in [-0.05, 0) is 106 Å².